The summed E-state index contributed by atoms with van der Waals surface area (Å²) in [5, 5.41) is 75.3. The summed E-state index contributed by atoms with van der Waals surface area (Å²) in [5.74, 6) is -0.666. The van der Waals surface area contributed by atoms with Gasteiger partial charge in [0, 0.05) is 5.92 Å². The van der Waals surface area contributed by atoms with Crippen LogP contribution in [0, 0.1) is 50.2 Å². The quantitative estimate of drug-likeness (QED) is 0.177. The maximum absolute atomic E-state index is 14.4. The van der Waals surface area contributed by atoms with Crippen LogP contribution in [0.2, 0.25) is 0 Å². The first-order chi connectivity index (χ1) is 21.2. The van der Waals surface area contributed by atoms with Gasteiger partial charge in [-0.15, -0.1) is 0 Å². The SMILES string of the molecule is CC1(C)CC[C@]2(C(=O)O[C@@H]3O[C@H](CO)[C@@H](O)[C@H](O)[C@H]3O)CC[C@]3(C)C(=CC[C@@H]4[C@@]5(C)C[C@@H](O)[C@H](O)C(C)(C)C5CC[C@]43C)[C@@H]2[C@@H]1O. The number of aliphatic hydroxyl groups is 7. The average molecular weight is 651 g/mol. The van der Waals surface area contributed by atoms with E-state index in [2.05, 4.69) is 40.7 Å². The summed E-state index contributed by atoms with van der Waals surface area (Å²) in [5.41, 5.74) is -1.64. The Morgan fingerprint density at radius 2 is 1.50 bits per heavy atom. The fourth-order valence-corrected chi connectivity index (χ4v) is 12.1. The molecule has 6 rings (SSSR count). The van der Waals surface area contributed by atoms with Gasteiger partial charge in [0.05, 0.1) is 30.3 Å². The third-order valence-corrected chi connectivity index (χ3v) is 15.3. The number of aliphatic hydroxyl groups excluding tert-OH is 7. The predicted octanol–water partition coefficient (Wildman–Crippen LogP) is 2.43. The number of fused-ring (bicyclic) bond motifs is 7. The lowest BCUT2D eigenvalue weighted by Crippen LogP contribution is -2.68. The minimum atomic E-state index is -1.70. The van der Waals surface area contributed by atoms with Crippen LogP contribution in [0.25, 0.3) is 0 Å². The summed E-state index contributed by atoms with van der Waals surface area (Å²) in [6.07, 6.45) is -2.48. The third kappa shape index (κ3) is 4.46. The second-order valence-electron chi connectivity index (χ2n) is 18.0. The highest BCUT2D eigenvalue weighted by atomic mass is 16.7. The van der Waals surface area contributed by atoms with Crippen molar-refractivity contribution in [3.63, 3.8) is 0 Å². The van der Waals surface area contributed by atoms with Crippen molar-refractivity contribution in [3.8, 4) is 0 Å². The van der Waals surface area contributed by atoms with E-state index in [-0.39, 0.29) is 28.1 Å². The van der Waals surface area contributed by atoms with Gasteiger partial charge in [-0.25, -0.2) is 0 Å². The van der Waals surface area contributed by atoms with Gasteiger partial charge in [-0.1, -0.05) is 60.1 Å². The van der Waals surface area contributed by atoms with Crippen LogP contribution in [0.3, 0.4) is 0 Å². The van der Waals surface area contributed by atoms with Gasteiger partial charge in [0.1, 0.15) is 24.4 Å². The second kappa shape index (κ2) is 10.9. The molecule has 5 aliphatic carbocycles. The van der Waals surface area contributed by atoms with Gasteiger partial charge in [0.25, 0.3) is 0 Å². The number of hydrogen-bond acceptors (Lipinski definition) is 10. The number of hydrogen-bond donors (Lipinski definition) is 7. The monoisotopic (exact) mass is 650 g/mol. The molecule has 10 nitrogen and oxygen atoms in total. The van der Waals surface area contributed by atoms with Gasteiger partial charge in [-0.3, -0.25) is 4.79 Å². The van der Waals surface area contributed by atoms with Crippen LogP contribution in [0.5, 0.6) is 0 Å². The van der Waals surface area contributed by atoms with E-state index in [0.29, 0.717) is 32.1 Å². The molecular weight excluding hydrogens is 592 g/mol. The molecule has 6 aliphatic rings. The first-order valence-corrected chi connectivity index (χ1v) is 17.5. The smallest absolute Gasteiger partial charge is 0.315 e. The Labute approximate surface area is 273 Å². The van der Waals surface area contributed by atoms with Gasteiger partial charge in [0.15, 0.2) is 0 Å². The molecule has 4 saturated carbocycles. The number of rotatable bonds is 3. The Bertz CT molecular complexity index is 1250. The maximum Gasteiger partial charge on any atom is 0.315 e. The van der Waals surface area contributed by atoms with Crippen LogP contribution in [0.4, 0.5) is 0 Å². The molecule has 5 fully saturated rings. The molecule has 1 saturated heterocycles. The van der Waals surface area contributed by atoms with Crippen molar-refractivity contribution in [1.29, 1.82) is 0 Å². The number of carbonyl (C=O) groups is 1. The van der Waals surface area contributed by atoms with E-state index in [0.717, 1.165) is 24.8 Å². The Hall–Kier alpha value is -1.11. The third-order valence-electron chi connectivity index (χ3n) is 15.3. The molecule has 46 heavy (non-hydrogen) atoms. The van der Waals surface area contributed by atoms with E-state index < -0.39 is 83.8 Å². The lowest BCUT2D eigenvalue weighted by atomic mass is 9.33. The largest absolute Gasteiger partial charge is 0.432 e. The number of ether oxygens (including phenoxy) is 2. The van der Waals surface area contributed by atoms with Crippen molar-refractivity contribution in [2.45, 2.75) is 149 Å². The van der Waals surface area contributed by atoms with E-state index in [4.69, 9.17) is 9.47 Å². The molecule has 10 heteroatoms. The van der Waals surface area contributed by atoms with Gasteiger partial charge in [-0.05, 0) is 90.3 Å². The van der Waals surface area contributed by atoms with Crippen molar-refractivity contribution in [1.82, 2.24) is 0 Å². The van der Waals surface area contributed by atoms with Crippen LogP contribution < -0.4 is 0 Å². The summed E-state index contributed by atoms with van der Waals surface area (Å²) in [7, 11) is 0. The summed E-state index contributed by atoms with van der Waals surface area (Å²) in [6, 6.07) is 0. The molecule has 0 spiro atoms. The Morgan fingerprint density at radius 1 is 0.848 bits per heavy atom. The standard InChI is InChI=1S/C36H58O10/c1-31(2)12-14-36(30(44)46-29-26(41)25(40)24(39)20(17-37)45-29)15-13-34(6)18(23(36)28(31)43)8-9-22-33(5)16-19(38)27(42)32(3,4)21(33)10-11-35(22,34)7/h8,19-29,37-43H,9-17H2,1-7H3/t19-,20-,21?,22-,23-,24-,25+,26-,27+,28+,29+,33+,34-,35-,36+/m1/s1. The minimum absolute atomic E-state index is 0.185. The van der Waals surface area contributed by atoms with Crippen molar-refractivity contribution in [2.75, 3.05) is 6.61 Å². The minimum Gasteiger partial charge on any atom is -0.432 e. The lowest BCUT2D eigenvalue weighted by molar-refractivity contribution is -0.298. The van der Waals surface area contributed by atoms with E-state index in [1.807, 2.05) is 13.8 Å². The van der Waals surface area contributed by atoms with Crippen LogP contribution in [0.15, 0.2) is 11.6 Å². The molecule has 262 valence electrons. The van der Waals surface area contributed by atoms with Crippen molar-refractivity contribution < 1.29 is 50.0 Å². The van der Waals surface area contributed by atoms with Crippen molar-refractivity contribution in [3.05, 3.63) is 11.6 Å². The topological polar surface area (TPSA) is 177 Å². The highest BCUT2D eigenvalue weighted by Gasteiger charge is 2.71. The summed E-state index contributed by atoms with van der Waals surface area (Å²) in [6.45, 7) is 14.6. The van der Waals surface area contributed by atoms with Crippen LogP contribution in [-0.4, -0.2) is 97.3 Å². The number of allylic oxidation sites excluding steroid dienone is 1. The Kier molecular flexibility index (Phi) is 8.27. The maximum atomic E-state index is 14.4. The molecule has 7 N–H and O–H groups in total. The van der Waals surface area contributed by atoms with Gasteiger partial charge < -0.3 is 45.2 Å². The summed E-state index contributed by atoms with van der Waals surface area (Å²) >= 11 is 0. The highest BCUT2D eigenvalue weighted by molar-refractivity contribution is 5.79. The van der Waals surface area contributed by atoms with E-state index in [1.54, 1.807) is 0 Å². The van der Waals surface area contributed by atoms with Gasteiger partial charge >= 0.3 is 5.97 Å². The molecule has 0 aromatic rings. The zero-order valence-electron chi connectivity index (χ0n) is 28.6. The molecule has 0 aromatic heterocycles. The molecule has 1 heterocycles. The van der Waals surface area contributed by atoms with E-state index in [9.17, 15) is 40.5 Å². The second-order valence-corrected chi connectivity index (χ2v) is 18.0. The van der Waals surface area contributed by atoms with Crippen LogP contribution in [0.1, 0.15) is 99.8 Å². The van der Waals surface area contributed by atoms with Crippen LogP contribution in [-0.2, 0) is 14.3 Å². The molecule has 0 amide bonds. The number of carbonyl (C=O) groups excluding carboxylic acids is 1. The molecule has 0 radical (unpaired) electrons. The first-order valence-electron chi connectivity index (χ1n) is 17.5. The normalized spacial score (nSPS) is 54.3. The van der Waals surface area contributed by atoms with E-state index >= 15 is 0 Å². The Balaban J connectivity index is 1.39. The van der Waals surface area contributed by atoms with Crippen LogP contribution >= 0.6 is 0 Å². The molecule has 0 aromatic carbocycles. The Morgan fingerprint density at radius 3 is 2.15 bits per heavy atom. The fraction of sp³-hybridized carbons (Fsp3) is 0.917. The molecule has 0 bridgehead atoms. The predicted molar refractivity (Wildman–Crippen MR) is 168 cm³/mol. The van der Waals surface area contributed by atoms with Crippen molar-refractivity contribution >= 4 is 5.97 Å². The number of esters is 1. The van der Waals surface area contributed by atoms with E-state index in [1.165, 1.54) is 0 Å². The van der Waals surface area contributed by atoms with Crippen molar-refractivity contribution in [2.24, 2.45) is 50.2 Å². The van der Waals surface area contributed by atoms with Gasteiger partial charge in [0.2, 0.25) is 6.29 Å². The summed E-state index contributed by atoms with van der Waals surface area (Å²) < 4.78 is 11.4. The average Bonchev–Trinajstić information content (AvgIpc) is 2.98. The molecule has 1 aliphatic heterocycles. The summed E-state index contributed by atoms with van der Waals surface area (Å²) in [4.78, 5) is 14.4. The fourth-order valence-electron chi connectivity index (χ4n) is 12.1. The van der Waals surface area contributed by atoms with Gasteiger partial charge in [-0.2, -0.15) is 0 Å². The zero-order chi connectivity index (χ0) is 34.0. The zero-order valence-corrected chi connectivity index (χ0v) is 28.6. The molecular formula is C36H58O10. The lowest BCUT2D eigenvalue weighted by Gasteiger charge is -2.71. The first kappa shape index (κ1) is 34.7. The molecule has 1 unspecified atom stereocenters. The highest BCUT2D eigenvalue weighted by Crippen LogP contribution is 2.75. The molecule has 15 atom stereocenters.